The van der Waals surface area contributed by atoms with Gasteiger partial charge in [0.05, 0.1) is 14.2 Å². The SMILES string of the molecule is COc1ccc([C@@]2(C)NC(=O)N(CC(=O)NC(N)=O)C2=O)cc1OC. The molecule has 0 bridgehead atoms. The summed E-state index contributed by atoms with van der Waals surface area (Å²) in [6.07, 6.45) is 0. The van der Waals surface area contributed by atoms with E-state index in [2.05, 4.69) is 5.32 Å². The Morgan fingerprint density at radius 2 is 1.88 bits per heavy atom. The number of nitrogens with zero attached hydrogens (tertiary/aromatic N) is 1. The second kappa shape index (κ2) is 6.67. The van der Waals surface area contributed by atoms with Crippen molar-refractivity contribution in [2.24, 2.45) is 5.73 Å². The number of nitrogens with two attached hydrogens (primary N) is 1. The molecule has 1 fully saturated rings. The maximum absolute atomic E-state index is 12.7. The summed E-state index contributed by atoms with van der Waals surface area (Å²) in [5.41, 5.74) is 3.89. The highest BCUT2D eigenvalue weighted by Crippen LogP contribution is 2.35. The molecule has 1 aliphatic heterocycles. The van der Waals surface area contributed by atoms with E-state index in [0.29, 0.717) is 22.0 Å². The Morgan fingerprint density at radius 1 is 1.24 bits per heavy atom. The number of benzene rings is 1. The van der Waals surface area contributed by atoms with Gasteiger partial charge in [-0.1, -0.05) is 6.07 Å². The number of ether oxygens (including phenoxy) is 2. The summed E-state index contributed by atoms with van der Waals surface area (Å²) in [7, 11) is 2.92. The molecule has 0 radical (unpaired) electrons. The average molecular weight is 350 g/mol. The summed E-state index contributed by atoms with van der Waals surface area (Å²) < 4.78 is 10.3. The number of carbonyl (C=O) groups is 4. The van der Waals surface area contributed by atoms with Crippen LogP contribution in [0.3, 0.4) is 0 Å². The molecule has 134 valence electrons. The van der Waals surface area contributed by atoms with Crippen molar-refractivity contribution in [1.29, 1.82) is 0 Å². The minimum Gasteiger partial charge on any atom is -0.493 e. The Morgan fingerprint density at radius 3 is 2.44 bits per heavy atom. The van der Waals surface area contributed by atoms with Crippen LogP contribution in [0.2, 0.25) is 0 Å². The van der Waals surface area contributed by atoms with E-state index >= 15 is 0 Å². The Labute approximate surface area is 143 Å². The van der Waals surface area contributed by atoms with Crippen LogP contribution >= 0.6 is 0 Å². The van der Waals surface area contributed by atoms with Crippen LogP contribution in [0.1, 0.15) is 12.5 Å². The third kappa shape index (κ3) is 3.32. The van der Waals surface area contributed by atoms with Crippen molar-refractivity contribution >= 4 is 23.9 Å². The van der Waals surface area contributed by atoms with E-state index in [1.165, 1.54) is 21.1 Å². The number of hydrogen-bond acceptors (Lipinski definition) is 6. The molecule has 0 spiro atoms. The van der Waals surface area contributed by atoms with Gasteiger partial charge in [-0.15, -0.1) is 0 Å². The van der Waals surface area contributed by atoms with Crippen LogP contribution in [0.25, 0.3) is 0 Å². The lowest BCUT2D eigenvalue weighted by Crippen LogP contribution is -2.45. The highest BCUT2D eigenvalue weighted by Gasteiger charge is 2.49. The van der Waals surface area contributed by atoms with Crippen molar-refractivity contribution < 1.29 is 28.7 Å². The zero-order valence-corrected chi connectivity index (χ0v) is 13.9. The predicted molar refractivity (Wildman–Crippen MR) is 84.9 cm³/mol. The van der Waals surface area contributed by atoms with Crippen molar-refractivity contribution in [3.05, 3.63) is 23.8 Å². The molecule has 10 heteroatoms. The van der Waals surface area contributed by atoms with Gasteiger partial charge in [0.1, 0.15) is 12.1 Å². The minimum atomic E-state index is -1.40. The van der Waals surface area contributed by atoms with Crippen molar-refractivity contribution in [3.63, 3.8) is 0 Å². The van der Waals surface area contributed by atoms with E-state index in [9.17, 15) is 19.2 Å². The molecule has 25 heavy (non-hydrogen) atoms. The standard InChI is InChI=1S/C15H18N4O6/c1-15(8-4-5-9(24-2)10(6-8)25-3)12(21)19(14(23)18-15)7-11(20)17-13(16)22/h4-6H,7H2,1-3H3,(H,18,23)(H3,16,17,20,22)/t15-/m1/s1. The average Bonchev–Trinajstić information content (AvgIpc) is 2.77. The fourth-order valence-corrected chi connectivity index (χ4v) is 2.50. The Bertz CT molecular complexity index is 750. The minimum absolute atomic E-state index is 0.383. The highest BCUT2D eigenvalue weighted by atomic mass is 16.5. The molecule has 4 N–H and O–H groups in total. The van der Waals surface area contributed by atoms with Crippen LogP contribution in [0.5, 0.6) is 11.5 Å². The Hall–Kier alpha value is -3.30. The molecule has 0 aliphatic carbocycles. The summed E-state index contributed by atoms with van der Waals surface area (Å²) in [6.45, 7) is 0.872. The van der Waals surface area contributed by atoms with Crippen LogP contribution in [0.15, 0.2) is 18.2 Å². The molecule has 1 aromatic rings. The van der Waals surface area contributed by atoms with Gasteiger partial charge in [0, 0.05) is 0 Å². The molecule has 1 aliphatic rings. The van der Waals surface area contributed by atoms with Gasteiger partial charge in [0.25, 0.3) is 5.91 Å². The first-order valence-corrected chi connectivity index (χ1v) is 7.18. The first-order valence-electron chi connectivity index (χ1n) is 7.18. The molecule has 6 amide bonds. The molecule has 0 saturated carbocycles. The summed E-state index contributed by atoms with van der Waals surface area (Å²) in [5, 5.41) is 4.34. The Balaban J connectivity index is 2.30. The summed E-state index contributed by atoms with van der Waals surface area (Å²) >= 11 is 0. The van der Waals surface area contributed by atoms with Crippen LogP contribution in [-0.4, -0.2) is 49.5 Å². The largest absolute Gasteiger partial charge is 0.493 e. The fraction of sp³-hybridized carbons (Fsp3) is 0.333. The van der Waals surface area contributed by atoms with Crippen molar-refractivity contribution in [1.82, 2.24) is 15.5 Å². The van der Waals surface area contributed by atoms with Gasteiger partial charge in [-0.3, -0.25) is 19.8 Å². The first-order chi connectivity index (χ1) is 11.7. The van der Waals surface area contributed by atoms with Gasteiger partial charge in [0.2, 0.25) is 5.91 Å². The maximum atomic E-state index is 12.7. The van der Waals surface area contributed by atoms with E-state index in [1.54, 1.807) is 23.5 Å². The first kappa shape index (κ1) is 18.0. The maximum Gasteiger partial charge on any atom is 0.325 e. The molecule has 1 saturated heterocycles. The third-order valence-electron chi connectivity index (χ3n) is 3.80. The van der Waals surface area contributed by atoms with E-state index in [1.807, 2.05) is 0 Å². The van der Waals surface area contributed by atoms with Crippen LogP contribution in [-0.2, 0) is 15.1 Å². The number of primary amides is 1. The molecule has 1 heterocycles. The van der Waals surface area contributed by atoms with Gasteiger partial charge >= 0.3 is 12.1 Å². The lowest BCUT2D eigenvalue weighted by atomic mass is 9.91. The number of amides is 6. The molecular weight excluding hydrogens is 332 g/mol. The molecule has 2 rings (SSSR count). The smallest absolute Gasteiger partial charge is 0.325 e. The van der Waals surface area contributed by atoms with Gasteiger partial charge in [-0.2, -0.15) is 0 Å². The number of hydrogen-bond donors (Lipinski definition) is 3. The van der Waals surface area contributed by atoms with Gasteiger partial charge < -0.3 is 20.5 Å². The number of nitrogens with one attached hydrogen (secondary N) is 2. The molecule has 0 aromatic heterocycles. The number of urea groups is 2. The van der Waals surface area contributed by atoms with Crippen LogP contribution in [0, 0.1) is 0 Å². The van der Waals surface area contributed by atoms with E-state index in [-0.39, 0.29) is 0 Å². The number of carbonyl (C=O) groups excluding carboxylic acids is 4. The molecule has 0 unspecified atom stereocenters. The highest BCUT2D eigenvalue weighted by molar-refractivity contribution is 6.10. The monoisotopic (exact) mass is 350 g/mol. The summed E-state index contributed by atoms with van der Waals surface area (Å²) in [5.74, 6) is -0.672. The van der Waals surface area contributed by atoms with Gasteiger partial charge in [-0.05, 0) is 24.6 Å². The zero-order valence-electron chi connectivity index (χ0n) is 13.9. The van der Waals surface area contributed by atoms with E-state index in [4.69, 9.17) is 15.2 Å². The van der Waals surface area contributed by atoms with Crippen molar-refractivity contribution in [2.45, 2.75) is 12.5 Å². The molecule has 1 atom stereocenters. The topological polar surface area (TPSA) is 140 Å². The lowest BCUT2D eigenvalue weighted by Gasteiger charge is -2.23. The summed E-state index contributed by atoms with van der Waals surface area (Å²) in [6, 6.07) is 2.93. The summed E-state index contributed by atoms with van der Waals surface area (Å²) in [4.78, 5) is 47.8. The number of methoxy groups -OCH3 is 2. The molecule has 1 aromatic carbocycles. The second-order valence-corrected chi connectivity index (χ2v) is 5.43. The molecular formula is C15H18N4O6. The van der Waals surface area contributed by atoms with E-state index in [0.717, 1.165) is 0 Å². The predicted octanol–water partition coefficient (Wildman–Crippen LogP) is -0.334. The number of rotatable bonds is 5. The van der Waals surface area contributed by atoms with E-state index < -0.39 is 36.0 Å². The molecule has 10 nitrogen and oxygen atoms in total. The van der Waals surface area contributed by atoms with Crippen molar-refractivity contribution in [3.8, 4) is 11.5 Å². The third-order valence-corrected chi connectivity index (χ3v) is 3.80. The fourth-order valence-electron chi connectivity index (χ4n) is 2.50. The normalized spacial score (nSPS) is 19.4. The van der Waals surface area contributed by atoms with Gasteiger partial charge in [-0.25, -0.2) is 9.59 Å². The van der Waals surface area contributed by atoms with Crippen LogP contribution < -0.4 is 25.8 Å². The van der Waals surface area contributed by atoms with Gasteiger partial charge in [0.15, 0.2) is 11.5 Å². The number of imide groups is 2. The van der Waals surface area contributed by atoms with Crippen LogP contribution in [0.4, 0.5) is 9.59 Å². The lowest BCUT2D eigenvalue weighted by molar-refractivity contribution is -0.134. The quantitative estimate of drug-likeness (QED) is 0.621. The Kier molecular flexibility index (Phi) is 4.82. The zero-order chi connectivity index (χ0) is 18.8. The van der Waals surface area contributed by atoms with Crippen molar-refractivity contribution in [2.75, 3.05) is 20.8 Å². The second-order valence-electron chi connectivity index (χ2n) is 5.43.